The van der Waals surface area contributed by atoms with E-state index in [4.69, 9.17) is 21.3 Å². The lowest BCUT2D eigenvalue weighted by Crippen LogP contribution is -2.23. The lowest BCUT2D eigenvalue weighted by atomic mass is 10.0. The first-order chi connectivity index (χ1) is 18.8. The molecule has 4 aromatic heterocycles. The van der Waals surface area contributed by atoms with Crippen molar-refractivity contribution < 1.29 is 4.74 Å². The van der Waals surface area contributed by atoms with Crippen LogP contribution in [-0.2, 0) is 26.6 Å². The third kappa shape index (κ3) is 5.04. The van der Waals surface area contributed by atoms with Gasteiger partial charge in [0.05, 0.1) is 17.3 Å². The number of rotatable bonds is 7. The molecule has 5 aromatic rings. The largest absolute Gasteiger partial charge is 0.486 e. The topological polar surface area (TPSA) is 85.7 Å². The number of hydrogen-bond donors (Lipinski definition) is 0. The molecule has 1 aromatic carbocycles. The molecule has 0 N–H and O–H groups in total. The second-order valence-electron chi connectivity index (χ2n) is 9.51. The summed E-state index contributed by atoms with van der Waals surface area (Å²) < 4.78 is 10.0. The van der Waals surface area contributed by atoms with Crippen LogP contribution < -0.4 is 10.3 Å². The molecule has 0 saturated carbocycles. The van der Waals surface area contributed by atoms with Gasteiger partial charge in [0.15, 0.2) is 0 Å². The van der Waals surface area contributed by atoms with Crippen molar-refractivity contribution in [2.24, 2.45) is 7.05 Å². The Labute approximate surface area is 231 Å². The zero-order valence-corrected chi connectivity index (χ0v) is 23.1. The van der Waals surface area contributed by atoms with Gasteiger partial charge in [-0.3, -0.25) is 9.78 Å². The Hall–Kier alpha value is -4.41. The van der Waals surface area contributed by atoms with Crippen LogP contribution in [0, 0.1) is 25.2 Å². The Bertz CT molecular complexity index is 1810. The lowest BCUT2D eigenvalue weighted by Gasteiger charge is -2.16. The maximum atomic E-state index is 12.7. The third-order valence-electron chi connectivity index (χ3n) is 6.91. The molecule has 196 valence electrons. The molecule has 0 aliphatic carbocycles. The maximum absolute atomic E-state index is 12.7. The minimum absolute atomic E-state index is 0.0753. The molecule has 0 radical (unpaired) electrons. The van der Waals surface area contributed by atoms with Crippen molar-refractivity contribution in [1.82, 2.24) is 19.1 Å². The van der Waals surface area contributed by atoms with Crippen LogP contribution >= 0.6 is 11.6 Å². The van der Waals surface area contributed by atoms with Gasteiger partial charge in [0.2, 0.25) is 0 Å². The molecule has 8 heteroatoms. The summed E-state index contributed by atoms with van der Waals surface area (Å²) in [5.41, 5.74) is 6.84. The quantitative estimate of drug-likeness (QED) is 0.249. The minimum Gasteiger partial charge on any atom is -0.486 e. The van der Waals surface area contributed by atoms with Gasteiger partial charge in [0.1, 0.15) is 29.5 Å². The van der Waals surface area contributed by atoms with Crippen LogP contribution in [0.1, 0.15) is 40.8 Å². The van der Waals surface area contributed by atoms with Crippen LogP contribution in [0.15, 0.2) is 65.6 Å². The first-order valence-electron chi connectivity index (χ1n) is 12.7. The molecule has 0 atom stereocenters. The molecule has 0 aliphatic rings. The molecule has 0 aliphatic heterocycles. The van der Waals surface area contributed by atoms with E-state index in [0.29, 0.717) is 22.0 Å². The molecular formula is C31H28ClN5O2. The number of aryl methyl sites for hydroxylation is 3. The van der Waals surface area contributed by atoms with E-state index in [1.807, 2.05) is 32.0 Å². The Morgan fingerprint density at radius 3 is 2.59 bits per heavy atom. The summed E-state index contributed by atoms with van der Waals surface area (Å²) in [6, 6.07) is 19.2. The Morgan fingerprint density at radius 1 is 1.05 bits per heavy atom. The van der Waals surface area contributed by atoms with Gasteiger partial charge < -0.3 is 13.9 Å². The smallest absolute Gasteiger partial charge is 0.268 e. The minimum atomic E-state index is -0.375. The standard InChI is InChI=1S/C31H28ClN5O2/c1-5-22-11-12-28(36(22)4)24-14-19(2)35-30-23(24)9-6-10-29(30)39-18-25-26(32)15-20(3)34-27(25)17-37-13-7-8-21(16-33)31(37)38/h6-15H,5,17-18H2,1-4H3. The molecule has 0 amide bonds. The van der Waals surface area contributed by atoms with E-state index < -0.39 is 0 Å². The number of benzene rings is 1. The van der Waals surface area contributed by atoms with Crippen LogP contribution in [0.3, 0.4) is 0 Å². The fourth-order valence-corrected chi connectivity index (χ4v) is 5.24. The van der Waals surface area contributed by atoms with E-state index >= 15 is 0 Å². The van der Waals surface area contributed by atoms with E-state index in [1.165, 1.54) is 16.3 Å². The summed E-state index contributed by atoms with van der Waals surface area (Å²) in [4.78, 5) is 22.2. The SMILES string of the molecule is CCc1ccc(-c2cc(C)nc3c(OCc4c(Cl)cc(C)nc4Cn4cccc(C#N)c4=O)cccc23)n1C. The van der Waals surface area contributed by atoms with E-state index in [0.717, 1.165) is 40.0 Å². The van der Waals surface area contributed by atoms with Crippen molar-refractivity contribution >= 4 is 22.5 Å². The number of aromatic nitrogens is 4. The molecule has 39 heavy (non-hydrogen) atoms. The average molecular weight is 538 g/mol. The first-order valence-corrected chi connectivity index (χ1v) is 13.1. The zero-order chi connectivity index (χ0) is 27.7. The number of pyridine rings is 3. The number of nitrogens with zero attached hydrogens (tertiary/aromatic N) is 5. The van der Waals surface area contributed by atoms with Gasteiger partial charge in [-0.05, 0) is 62.7 Å². The summed E-state index contributed by atoms with van der Waals surface area (Å²) in [5.74, 6) is 0.633. The zero-order valence-electron chi connectivity index (χ0n) is 22.3. The monoisotopic (exact) mass is 537 g/mol. The second kappa shape index (κ2) is 10.8. The Morgan fingerprint density at radius 2 is 1.85 bits per heavy atom. The fraction of sp³-hybridized carbons (Fsp3) is 0.226. The van der Waals surface area contributed by atoms with Gasteiger partial charge in [-0.15, -0.1) is 0 Å². The van der Waals surface area contributed by atoms with Crippen molar-refractivity contribution in [2.75, 3.05) is 0 Å². The summed E-state index contributed by atoms with van der Waals surface area (Å²) in [6.07, 6.45) is 2.59. The molecular weight excluding hydrogens is 510 g/mol. The van der Waals surface area contributed by atoms with Crippen molar-refractivity contribution in [2.45, 2.75) is 40.3 Å². The molecule has 0 saturated heterocycles. The van der Waals surface area contributed by atoms with Crippen LogP contribution in [0.2, 0.25) is 5.02 Å². The van der Waals surface area contributed by atoms with Crippen molar-refractivity contribution in [3.05, 3.63) is 110 Å². The summed E-state index contributed by atoms with van der Waals surface area (Å²) in [5, 5.41) is 10.8. The molecule has 0 bridgehead atoms. The van der Waals surface area contributed by atoms with Gasteiger partial charge in [-0.1, -0.05) is 30.7 Å². The highest BCUT2D eigenvalue weighted by Gasteiger charge is 2.17. The normalized spacial score (nSPS) is 11.1. The predicted molar refractivity (Wildman–Crippen MR) is 153 cm³/mol. The number of halogens is 1. The number of ether oxygens (including phenoxy) is 1. The van der Waals surface area contributed by atoms with Crippen LogP contribution in [0.4, 0.5) is 0 Å². The molecule has 7 nitrogen and oxygen atoms in total. The van der Waals surface area contributed by atoms with Gasteiger partial charge in [0.25, 0.3) is 5.56 Å². The molecule has 0 fully saturated rings. The Kier molecular flexibility index (Phi) is 7.23. The van der Waals surface area contributed by atoms with Crippen molar-refractivity contribution in [1.29, 1.82) is 5.26 Å². The fourth-order valence-electron chi connectivity index (χ4n) is 4.92. The van der Waals surface area contributed by atoms with Crippen molar-refractivity contribution in [3.8, 4) is 23.1 Å². The van der Waals surface area contributed by atoms with Crippen LogP contribution in [0.5, 0.6) is 5.75 Å². The number of nitriles is 1. The first kappa shape index (κ1) is 26.2. The molecule has 5 rings (SSSR count). The lowest BCUT2D eigenvalue weighted by molar-refractivity contribution is 0.307. The number of hydrogen-bond acceptors (Lipinski definition) is 5. The third-order valence-corrected chi connectivity index (χ3v) is 7.25. The molecule has 0 unspecified atom stereocenters. The summed E-state index contributed by atoms with van der Waals surface area (Å²) >= 11 is 6.67. The van der Waals surface area contributed by atoms with E-state index in [-0.39, 0.29) is 24.3 Å². The number of fused-ring (bicyclic) bond motifs is 1. The van der Waals surface area contributed by atoms with Crippen LogP contribution in [0.25, 0.3) is 22.2 Å². The van der Waals surface area contributed by atoms with Gasteiger partial charge in [-0.25, -0.2) is 4.98 Å². The van der Waals surface area contributed by atoms with Gasteiger partial charge in [0, 0.05) is 52.5 Å². The van der Waals surface area contributed by atoms with Crippen LogP contribution in [-0.4, -0.2) is 19.1 Å². The maximum Gasteiger partial charge on any atom is 0.268 e. The predicted octanol–water partition coefficient (Wildman–Crippen LogP) is 6.13. The highest BCUT2D eigenvalue weighted by Crippen LogP contribution is 2.34. The van der Waals surface area contributed by atoms with E-state index in [2.05, 4.69) is 47.8 Å². The highest BCUT2D eigenvalue weighted by atomic mass is 35.5. The van der Waals surface area contributed by atoms with Crippen molar-refractivity contribution in [3.63, 3.8) is 0 Å². The Balaban J connectivity index is 1.53. The molecule has 4 heterocycles. The van der Waals surface area contributed by atoms with E-state index in [1.54, 1.807) is 18.3 Å². The van der Waals surface area contributed by atoms with Gasteiger partial charge >= 0.3 is 0 Å². The highest BCUT2D eigenvalue weighted by molar-refractivity contribution is 6.31. The average Bonchev–Trinajstić information content (AvgIpc) is 3.29. The van der Waals surface area contributed by atoms with Gasteiger partial charge in [-0.2, -0.15) is 5.26 Å². The second-order valence-corrected chi connectivity index (χ2v) is 9.92. The summed E-state index contributed by atoms with van der Waals surface area (Å²) in [6.45, 7) is 6.29. The summed E-state index contributed by atoms with van der Waals surface area (Å²) in [7, 11) is 2.08. The number of para-hydroxylation sites is 1. The van der Waals surface area contributed by atoms with E-state index in [9.17, 15) is 10.1 Å². The molecule has 0 spiro atoms.